The Bertz CT molecular complexity index is 169. The van der Waals surface area contributed by atoms with Gasteiger partial charge in [0.2, 0.25) is 0 Å². The first-order valence-corrected chi connectivity index (χ1v) is 5.81. The van der Waals surface area contributed by atoms with Crippen LogP contribution in [0.15, 0.2) is 12.2 Å². The van der Waals surface area contributed by atoms with Gasteiger partial charge >= 0.3 is 0 Å². The normalized spacial score (nSPS) is 19.6. The van der Waals surface area contributed by atoms with E-state index in [0.717, 1.165) is 18.2 Å². The zero-order valence-corrected chi connectivity index (χ0v) is 9.47. The summed E-state index contributed by atoms with van der Waals surface area (Å²) < 4.78 is 0. The maximum atomic E-state index is 5.55. The van der Waals surface area contributed by atoms with Crippen LogP contribution >= 0.6 is 0 Å². The summed E-state index contributed by atoms with van der Waals surface area (Å²) >= 11 is 0. The molecule has 14 heavy (non-hydrogen) atoms. The van der Waals surface area contributed by atoms with Crippen LogP contribution in [0.2, 0.25) is 0 Å². The fourth-order valence-electron chi connectivity index (χ4n) is 2.24. The third-order valence-electron chi connectivity index (χ3n) is 3.21. The van der Waals surface area contributed by atoms with E-state index in [-0.39, 0.29) is 0 Å². The molecule has 2 N–H and O–H groups in total. The largest absolute Gasteiger partial charge is 0.327 e. The number of hydrogen-bond acceptors (Lipinski definition) is 2. The van der Waals surface area contributed by atoms with Gasteiger partial charge in [0.05, 0.1) is 0 Å². The van der Waals surface area contributed by atoms with E-state index in [9.17, 15) is 0 Å². The van der Waals surface area contributed by atoms with Crippen molar-refractivity contribution in [1.29, 1.82) is 0 Å². The second-order valence-corrected chi connectivity index (χ2v) is 4.51. The summed E-state index contributed by atoms with van der Waals surface area (Å²) in [6.07, 6.45) is 8.33. The molecule has 1 fully saturated rings. The molecule has 0 aromatic heterocycles. The minimum Gasteiger partial charge on any atom is -0.327 e. The van der Waals surface area contributed by atoms with Crippen LogP contribution in [0, 0.1) is 0 Å². The molecule has 1 rings (SSSR count). The van der Waals surface area contributed by atoms with Crippen molar-refractivity contribution in [2.24, 2.45) is 5.73 Å². The standard InChI is InChI=1S/C12H24N2/c1-11(9-13)10-14(2)12-7-5-3-4-6-8-12/h12H,1,3-10,13H2,2H3. The lowest BCUT2D eigenvalue weighted by molar-refractivity contribution is 0.237. The molecule has 2 nitrogen and oxygen atoms in total. The van der Waals surface area contributed by atoms with Crippen molar-refractivity contribution in [3.63, 3.8) is 0 Å². The third-order valence-corrected chi connectivity index (χ3v) is 3.21. The van der Waals surface area contributed by atoms with Crippen LogP contribution in [0.25, 0.3) is 0 Å². The summed E-state index contributed by atoms with van der Waals surface area (Å²) in [5, 5.41) is 0. The van der Waals surface area contributed by atoms with Crippen molar-refractivity contribution in [2.45, 2.75) is 44.6 Å². The van der Waals surface area contributed by atoms with Crippen LogP contribution in [-0.4, -0.2) is 31.1 Å². The second-order valence-electron chi connectivity index (χ2n) is 4.51. The summed E-state index contributed by atoms with van der Waals surface area (Å²) in [4.78, 5) is 2.43. The van der Waals surface area contributed by atoms with Crippen LogP contribution in [0.3, 0.4) is 0 Å². The molecule has 1 aliphatic rings. The first-order valence-electron chi connectivity index (χ1n) is 5.81. The minimum atomic E-state index is 0.622. The minimum absolute atomic E-state index is 0.622. The average molecular weight is 196 g/mol. The van der Waals surface area contributed by atoms with E-state index in [1.165, 1.54) is 38.5 Å². The molecule has 82 valence electrons. The molecule has 1 aliphatic carbocycles. The molecular formula is C12H24N2. The number of nitrogens with two attached hydrogens (primary N) is 1. The summed E-state index contributed by atoms with van der Waals surface area (Å²) in [5.74, 6) is 0. The molecule has 0 unspecified atom stereocenters. The SMILES string of the molecule is C=C(CN)CN(C)C1CCCCCC1. The first-order chi connectivity index (χ1) is 6.74. The predicted molar refractivity (Wildman–Crippen MR) is 62.3 cm³/mol. The molecule has 0 atom stereocenters. The van der Waals surface area contributed by atoms with Gasteiger partial charge in [0.25, 0.3) is 0 Å². The van der Waals surface area contributed by atoms with Crippen LogP contribution in [0.4, 0.5) is 0 Å². The molecule has 0 heterocycles. The third kappa shape index (κ3) is 3.81. The van der Waals surface area contributed by atoms with Gasteiger partial charge in [-0.1, -0.05) is 32.3 Å². The van der Waals surface area contributed by atoms with Gasteiger partial charge in [-0.2, -0.15) is 0 Å². The molecule has 0 amide bonds. The molecule has 0 bridgehead atoms. The highest BCUT2D eigenvalue weighted by Gasteiger charge is 2.16. The highest BCUT2D eigenvalue weighted by atomic mass is 15.1. The molecule has 0 radical (unpaired) electrons. The Morgan fingerprint density at radius 3 is 2.36 bits per heavy atom. The molecule has 0 aromatic rings. The van der Waals surface area contributed by atoms with Gasteiger partial charge in [0.15, 0.2) is 0 Å². The average Bonchev–Trinajstić information content (AvgIpc) is 2.45. The number of hydrogen-bond donors (Lipinski definition) is 1. The van der Waals surface area contributed by atoms with E-state index >= 15 is 0 Å². The summed E-state index contributed by atoms with van der Waals surface area (Å²) in [7, 11) is 2.21. The number of likely N-dealkylation sites (N-methyl/N-ethyl adjacent to an activating group) is 1. The van der Waals surface area contributed by atoms with Gasteiger partial charge in [0, 0.05) is 19.1 Å². The highest BCUT2D eigenvalue weighted by Crippen LogP contribution is 2.21. The van der Waals surface area contributed by atoms with E-state index in [0.29, 0.717) is 6.54 Å². The summed E-state index contributed by atoms with van der Waals surface area (Å²) in [6, 6.07) is 0.765. The molecule has 1 saturated carbocycles. The Kier molecular flexibility index (Phi) is 5.20. The smallest absolute Gasteiger partial charge is 0.0202 e. The van der Waals surface area contributed by atoms with E-state index < -0.39 is 0 Å². The predicted octanol–water partition coefficient (Wildman–Crippen LogP) is 2.16. The van der Waals surface area contributed by atoms with Gasteiger partial charge in [-0.25, -0.2) is 0 Å². The van der Waals surface area contributed by atoms with Gasteiger partial charge in [-0.05, 0) is 25.5 Å². The van der Waals surface area contributed by atoms with E-state index in [2.05, 4.69) is 18.5 Å². The molecule has 2 heteroatoms. The Balaban J connectivity index is 2.33. The first kappa shape index (κ1) is 11.7. The van der Waals surface area contributed by atoms with E-state index in [4.69, 9.17) is 5.73 Å². The van der Waals surface area contributed by atoms with Crippen molar-refractivity contribution in [3.05, 3.63) is 12.2 Å². The molecule has 0 saturated heterocycles. The Morgan fingerprint density at radius 2 is 1.86 bits per heavy atom. The summed E-state index contributed by atoms with van der Waals surface area (Å²) in [6.45, 7) is 5.56. The highest BCUT2D eigenvalue weighted by molar-refractivity contribution is 4.99. The zero-order chi connectivity index (χ0) is 10.4. The fraction of sp³-hybridized carbons (Fsp3) is 0.833. The lowest BCUT2D eigenvalue weighted by atomic mass is 10.1. The van der Waals surface area contributed by atoms with Gasteiger partial charge < -0.3 is 5.73 Å². The molecule has 0 spiro atoms. The maximum Gasteiger partial charge on any atom is 0.0202 e. The lowest BCUT2D eigenvalue weighted by Gasteiger charge is -2.27. The van der Waals surface area contributed by atoms with Crippen molar-refractivity contribution < 1.29 is 0 Å². The quantitative estimate of drug-likeness (QED) is 0.551. The van der Waals surface area contributed by atoms with Crippen LogP contribution in [0.1, 0.15) is 38.5 Å². The number of nitrogens with zero attached hydrogens (tertiary/aromatic N) is 1. The Morgan fingerprint density at radius 1 is 1.29 bits per heavy atom. The maximum absolute atomic E-state index is 5.55. The summed E-state index contributed by atoms with van der Waals surface area (Å²) in [5.41, 5.74) is 6.70. The van der Waals surface area contributed by atoms with Gasteiger partial charge in [-0.15, -0.1) is 0 Å². The molecule has 0 aromatic carbocycles. The Labute approximate surface area is 88.2 Å². The zero-order valence-electron chi connectivity index (χ0n) is 9.47. The molecular weight excluding hydrogens is 172 g/mol. The lowest BCUT2D eigenvalue weighted by Crippen LogP contribution is -2.33. The Hall–Kier alpha value is -0.340. The van der Waals surface area contributed by atoms with Crippen molar-refractivity contribution in [1.82, 2.24) is 4.90 Å². The van der Waals surface area contributed by atoms with Crippen LogP contribution < -0.4 is 5.73 Å². The van der Waals surface area contributed by atoms with E-state index in [1.807, 2.05) is 0 Å². The van der Waals surface area contributed by atoms with Crippen molar-refractivity contribution in [3.8, 4) is 0 Å². The fourth-order valence-corrected chi connectivity index (χ4v) is 2.24. The number of rotatable bonds is 4. The van der Waals surface area contributed by atoms with Crippen LogP contribution in [-0.2, 0) is 0 Å². The topological polar surface area (TPSA) is 29.3 Å². The van der Waals surface area contributed by atoms with Gasteiger partial charge in [0.1, 0.15) is 0 Å². The molecule has 0 aliphatic heterocycles. The van der Waals surface area contributed by atoms with Crippen LogP contribution in [0.5, 0.6) is 0 Å². The van der Waals surface area contributed by atoms with Crippen molar-refractivity contribution >= 4 is 0 Å². The van der Waals surface area contributed by atoms with Gasteiger partial charge in [-0.3, -0.25) is 4.90 Å². The second kappa shape index (κ2) is 6.20. The van der Waals surface area contributed by atoms with Crippen molar-refractivity contribution in [2.75, 3.05) is 20.1 Å². The van der Waals surface area contributed by atoms with E-state index in [1.54, 1.807) is 0 Å². The monoisotopic (exact) mass is 196 g/mol.